The molecule has 0 bridgehead atoms. The van der Waals surface area contributed by atoms with E-state index in [1.165, 1.54) is 0 Å². The first-order valence-electron chi connectivity index (χ1n) is 9.79. The zero-order valence-electron chi connectivity index (χ0n) is 17.7. The van der Waals surface area contributed by atoms with Gasteiger partial charge < -0.3 is 5.32 Å². The summed E-state index contributed by atoms with van der Waals surface area (Å²) in [4.78, 5) is 17.8. The molecule has 4 rings (SSSR count). The molecule has 1 aliphatic heterocycles. The smallest absolute Gasteiger partial charge is 0.223 e. The molecular weight excluding hydrogens is 418 g/mol. The third-order valence-corrected chi connectivity index (χ3v) is 6.17. The molecule has 1 N–H and O–H groups in total. The number of carbonyl (C=O) groups excluding carboxylic acids is 1. The molecule has 1 aromatic carbocycles. The standard InChI is InChI=1S/C22H24ClN5OS/c1-12-11-30-21-18(12)19(14-6-8-15(23)9-7-14)24-16(10-17(29)25-22(3,4)5)20-27-26-13(2)28(20)21/h6-9,11,16H,10H2,1-5H3,(H,25,29)/t16-/m1/s1. The molecule has 0 unspecified atom stereocenters. The molecule has 6 nitrogen and oxygen atoms in total. The molecule has 3 aromatic rings. The van der Waals surface area contributed by atoms with E-state index in [4.69, 9.17) is 16.6 Å². The lowest BCUT2D eigenvalue weighted by atomic mass is 10.0. The zero-order valence-corrected chi connectivity index (χ0v) is 19.2. The van der Waals surface area contributed by atoms with Crippen molar-refractivity contribution in [3.05, 3.63) is 63.0 Å². The normalized spacial score (nSPS) is 15.8. The van der Waals surface area contributed by atoms with Crippen molar-refractivity contribution in [2.75, 3.05) is 0 Å². The number of aliphatic imine (C=N–C) groups is 1. The van der Waals surface area contributed by atoms with Gasteiger partial charge in [0.05, 0.1) is 12.1 Å². The summed E-state index contributed by atoms with van der Waals surface area (Å²) < 4.78 is 2.04. The lowest BCUT2D eigenvalue weighted by Crippen LogP contribution is -2.41. The number of fused-ring (bicyclic) bond motifs is 3. The Labute approximate surface area is 185 Å². The van der Waals surface area contributed by atoms with Gasteiger partial charge in [0.1, 0.15) is 16.9 Å². The van der Waals surface area contributed by atoms with Crippen molar-refractivity contribution in [3.8, 4) is 5.00 Å². The highest BCUT2D eigenvalue weighted by Crippen LogP contribution is 2.37. The number of aromatic nitrogens is 3. The fourth-order valence-corrected chi connectivity index (χ4v) is 4.85. The number of hydrogen-bond acceptors (Lipinski definition) is 5. The Bertz CT molecular complexity index is 1140. The zero-order chi connectivity index (χ0) is 21.6. The minimum Gasteiger partial charge on any atom is -0.351 e. The van der Waals surface area contributed by atoms with Gasteiger partial charge in [0, 0.05) is 21.7 Å². The molecule has 3 heterocycles. The predicted octanol–water partition coefficient (Wildman–Crippen LogP) is 4.80. The molecule has 1 amide bonds. The number of amides is 1. The predicted molar refractivity (Wildman–Crippen MR) is 121 cm³/mol. The molecular formula is C22H24ClN5OS. The molecule has 0 aliphatic carbocycles. The van der Waals surface area contributed by atoms with Crippen molar-refractivity contribution in [1.29, 1.82) is 0 Å². The Kier molecular flexibility index (Phi) is 5.28. The SMILES string of the molecule is Cc1csc2c1C(c1ccc(Cl)cc1)=N[C@H](CC(=O)NC(C)(C)C)c1nnc(C)n1-2. The second kappa shape index (κ2) is 7.63. The van der Waals surface area contributed by atoms with Crippen molar-refractivity contribution >= 4 is 34.6 Å². The molecule has 8 heteroatoms. The number of hydrogen-bond donors (Lipinski definition) is 1. The number of halogens is 1. The quantitative estimate of drug-likeness (QED) is 0.634. The van der Waals surface area contributed by atoms with Crippen LogP contribution in [0.4, 0.5) is 0 Å². The first kappa shape index (κ1) is 20.8. The largest absolute Gasteiger partial charge is 0.351 e. The Morgan fingerprint density at radius 1 is 1.20 bits per heavy atom. The number of aryl methyl sites for hydroxylation is 2. The summed E-state index contributed by atoms with van der Waals surface area (Å²) >= 11 is 7.75. The highest BCUT2D eigenvalue weighted by Gasteiger charge is 2.32. The Balaban J connectivity index is 1.88. The number of nitrogens with zero attached hydrogens (tertiary/aromatic N) is 4. The van der Waals surface area contributed by atoms with Crippen LogP contribution in [0.3, 0.4) is 0 Å². The van der Waals surface area contributed by atoms with Gasteiger partial charge in [0.15, 0.2) is 5.82 Å². The minimum absolute atomic E-state index is 0.0686. The molecule has 1 aliphatic rings. The third kappa shape index (κ3) is 3.91. The Morgan fingerprint density at radius 2 is 1.90 bits per heavy atom. The average molecular weight is 442 g/mol. The van der Waals surface area contributed by atoms with Gasteiger partial charge in [-0.05, 0) is 57.7 Å². The van der Waals surface area contributed by atoms with Crippen LogP contribution in [0.1, 0.15) is 61.6 Å². The fourth-order valence-electron chi connectivity index (χ4n) is 3.62. The summed E-state index contributed by atoms with van der Waals surface area (Å²) in [5.74, 6) is 1.39. The minimum atomic E-state index is -0.446. The third-order valence-electron chi connectivity index (χ3n) is 4.84. The Hall–Kier alpha value is -2.51. The summed E-state index contributed by atoms with van der Waals surface area (Å²) in [6.07, 6.45) is 0.195. The highest BCUT2D eigenvalue weighted by atomic mass is 35.5. The first-order chi connectivity index (χ1) is 14.1. The van der Waals surface area contributed by atoms with Crippen LogP contribution in [0.2, 0.25) is 5.02 Å². The molecule has 0 spiro atoms. The number of benzene rings is 1. The van der Waals surface area contributed by atoms with E-state index < -0.39 is 6.04 Å². The molecule has 0 saturated heterocycles. The van der Waals surface area contributed by atoms with Crippen molar-refractivity contribution < 1.29 is 4.79 Å². The van der Waals surface area contributed by atoms with E-state index in [-0.39, 0.29) is 17.9 Å². The molecule has 0 radical (unpaired) electrons. The number of thiophene rings is 1. The second-order valence-corrected chi connectivity index (χ2v) is 9.84. The van der Waals surface area contributed by atoms with Gasteiger partial charge in [-0.1, -0.05) is 23.7 Å². The van der Waals surface area contributed by atoms with E-state index >= 15 is 0 Å². The number of rotatable bonds is 3. The summed E-state index contributed by atoms with van der Waals surface area (Å²) in [7, 11) is 0. The fraction of sp³-hybridized carbons (Fsp3) is 0.364. The van der Waals surface area contributed by atoms with Gasteiger partial charge >= 0.3 is 0 Å². The molecule has 156 valence electrons. The van der Waals surface area contributed by atoms with E-state index in [1.807, 2.05) is 56.5 Å². The summed E-state index contributed by atoms with van der Waals surface area (Å²) in [6.45, 7) is 9.90. The van der Waals surface area contributed by atoms with Crippen LogP contribution in [-0.2, 0) is 4.79 Å². The van der Waals surface area contributed by atoms with E-state index in [2.05, 4.69) is 27.8 Å². The molecule has 1 atom stereocenters. The molecule has 0 saturated carbocycles. The number of nitrogens with one attached hydrogen (secondary N) is 1. The van der Waals surface area contributed by atoms with E-state index in [0.717, 1.165) is 33.2 Å². The van der Waals surface area contributed by atoms with Gasteiger partial charge in [-0.2, -0.15) is 0 Å². The van der Waals surface area contributed by atoms with E-state index in [1.54, 1.807) is 11.3 Å². The van der Waals surface area contributed by atoms with Crippen LogP contribution in [0.25, 0.3) is 5.00 Å². The summed E-state index contributed by atoms with van der Waals surface area (Å²) in [6, 6.07) is 7.20. The van der Waals surface area contributed by atoms with Gasteiger partial charge in [0.25, 0.3) is 0 Å². The monoisotopic (exact) mass is 441 g/mol. The summed E-state index contributed by atoms with van der Waals surface area (Å²) in [5, 5.41) is 15.5. The van der Waals surface area contributed by atoms with Crippen LogP contribution in [-0.4, -0.2) is 31.9 Å². The maximum absolute atomic E-state index is 12.8. The van der Waals surface area contributed by atoms with Crippen LogP contribution >= 0.6 is 22.9 Å². The maximum atomic E-state index is 12.8. The van der Waals surface area contributed by atoms with Gasteiger partial charge in [-0.25, -0.2) is 0 Å². The molecule has 2 aromatic heterocycles. The molecule has 30 heavy (non-hydrogen) atoms. The van der Waals surface area contributed by atoms with E-state index in [9.17, 15) is 4.79 Å². The van der Waals surface area contributed by atoms with Crippen molar-refractivity contribution in [1.82, 2.24) is 20.1 Å². The van der Waals surface area contributed by atoms with Crippen molar-refractivity contribution in [2.45, 2.75) is 52.6 Å². The van der Waals surface area contributed by atoms with Crippen molar-refractivity contribution in [2.24, 2.45) is 4.99 Å². The lowest BCUT2D eigenvalue weighted by Gasteiger charge is -2.21. The van der Waals surface area contributed by atoms with Gasteiger partial charge in [-0.15, -0.1) is 21.5 Å². The summed E-state index contributed by atoms with van der Waals surface area (Å²) in [5.41, 5.74) is 3.66. The number of carbonyl (C=O) groups is 1. The topological polar surface area (TPSA) is 72.2 Å². The van der Waals surface area contributed by atoms with Crippen LogP contribution < -0.4 is 5.32 Å². The van der Waals surface area contributed by atoms with Crippen LogP contribution in [0, 0.1) is 13.8 Å². The van der Waals surface area contributed by atoms with Crippen LogP contribution in [0.15, 0.2) is 34.6 Å². The first-order valence-corrected chi connectivity index (χ1v) is 11.1. The molecule has 0 fully saturated rings. The van der Waals surface area contributed by atoms with Crippen LogP contribution in [0.5, 0.6) is 0 Å². The second-order valence-electron chi connectivity index (χ2n) is 8.54. The Morgan fingerprint density at radius 3 is 2.57 bits per heavy atom. The average Bonchev–Trinajstić information content (AvgIpc) is 3.16. The van der Waals surface area contributed by atoms with Gasteiger partial charge in [-0.3, -0.25) is 14.4 Å². The highest BCUT2D eigenvalue weighted by molar-refractivity contribution is 7.13. The lowest BCUT2D eigenvalue weighted by molar-refractivity contribution is -0.122. The maximum Gasteiger partial charge on any atom is 0.223 e. The van der Waals surface area contributed by atoms with Gasteiger partial charge in [0.2, 0.25) is 5.91 Å². The van der Waals surface area contributed by atoms with E-state index in [0.29, 0.717) is 10.8 Å². The van der Waals surface area contributed by atoms with Crippen molar-refractivity contribution in [3.63, 3.8) is 0 Å².